The number of sulfonamides is 1. The van der Waals surface area contributed by atoms with Gasteiger partial charge in [0.25, 0.3) is 0 Å². The number of halogens is 1. The van der Waals surface area contributed by atoms with Crippen molar-refractivity contribution in [3.8, 4) is 5.75 Å². The van der Waals surface area contributed by atoms with Crippen molar-refractivity contribution in [1.29, 1.82) is 0 Å². The van der Waals surface area contributed by atoms with Gasteiger partial charge in [-0.1, -0.05) is 61.0 Å². The molecule has 0 amide bonds. The van der Waals surface area contributed by atoms with Crippen molar-refractivity contribution < 1.29 is 13.2 Å². The van der Waals surface area contributed by atoms with Crippen LogP contribution in [0.3, 0.4) is 0 Å². The van der Waals surface area contributed by atoms with Gasteiger partial charge < -0.3 is 9.64 Å². The maximum absolute atomic E-state index is 12.4. The van der Waals surface area contributed by atoms with E-state index in [1.165, 1.54) is 0 Å². The zero-order valence-electron chi connectivity index (χ0n) is 19.3. The van der Waals surface area contributed by atoms with Gasteiger partial charge in [0.2, 0.25) is 10.0 Å². The number of ether oxygens (including phenoxy) is 1. The Hall–Kier alpha value is -1.83. The molecule has 2 aromatic carbocycles. The van der Waals surface area contributed by atoms with Gasteiger partial charge in [-0.3, -0.25) is 4.72 Å². The summed E-state index contributed by atoms with van der Waals surface area (Å²) in [6, 6.07) is 11.5. The van der Waals surface area contributed by atoms with E-state index >= 15 is 0 Å². The molecule has 0 aliphatic carbocycles. The second-order valence-electron chi connectivity index (χ2n) is 9.25. The average molecular weight is 522 g/mol. The molecule has 1 fully saturated rings. The molecule has 2 aromatic rings. The van der Waals surface area contributed by atoms with Crippen LogP contribution in [0.1, 0.15) is 50.3 Å². The predicted octanol–water partition coefficient (Wildman–Crippen LogP) is 5.76. The van der Waals surface area contributed by atoms with Crippen molar-refractivity contribution in [2.75, 3.05) is 37.2 Å². The molecule has 0 unspecified atom stereocenters. The summed E-state index contributed by atoms with van der Waals surface area (Å²) in [6.07, 6.45) is 6.34. The summed E-state index contributed by atoms with van der Waals surface area (Å²) in [6.45, 7) is 9.06. The monoisotopic (exact) mass is 520 g/mol. The zero-order valence-corrected chi connectivity index (χ0v) is 21.7. The number of nitrogens with one attached hydrogen (secondary N) is 1. The molecule has 174 valence electrons. The Kier molecular flexibility index (Phi) is 8.06. The van der Waals surface area contributed by atoms with E-state index in [4.69, 9.17) is 4.74 Å². The van der Waals surface area contributed by atoms with Crippen molar-refractivity contribution >= 4 is 43.8 Å². The first-order chi connectivity index (χ1) is 15.1. The standard InChI is InChI=1S/C25H33BrN2O3S/c1-25(2,3)23-18-21(26)17-20(24(23)31-4)10-7-19-8-11-22(12-9-19)27-32(29,30)16-15-28-13-5-6-14-28/h7-12,17-18,27H,5-6,13-16H2,1-4H3. The number of rotatable bonds is 8. The highest BCUT2D eigenvalue weighted by Gasteiger charge is 2.21. The highest BCUT2D eigenvalue weighted by molar-refractivity contribution is 9.10. The first-order valence-corrected chi connectivity index (χ1v) is 13.4. The van der Waals surface area contributed by atoms with E-state index in [2.05, 4.69) is 52.4 Å². The first-order valence-electron chi connectivity index (χ1n) is 11.0. The number of hydrogen-bond acceptors (Lipinski definition) is 4. The number of benzene rings is 2. The van der Waals surface area contributed by atoms with Crippen LogP contribution in [0.15, 0.2) is 40.9 Å². The van der Waals surface area contributed by atoms with Gasteiger partial charge in [-0.05, 0) is 61.2 Å². The van der Waals surface area contributed by atoms with Crippen LogP contribution < -0.4 is 9.46 Å². The Bertz CT molecular complexity index is 1050. The van der Waals surface area contributed by atoms with Crippen LogP contribution in [0.4, 0.5) is 5.69 Å². The third-order valence-corrected chi connectivity index (χ3v) is 7.33. The van der Waals surface area contributed by atoms with Crippen molar-refractivity contribution in [3.63, 3.8) is 0 Å². The molecule has 0 bridgehead atoms. The van der Waals surface area contributed by atoms with Crippen molar-refractivity contribution in [3.05, 3.63) is 57.6 Å². The first kappa shape index (κ1) is 24.8. The fourth-order valence-electron chi connectivity index (χ4n) is 3.86. The summed E-state index contributed by atoms with van der Waals surface area (Å²) in [5.74, 6) is 0.979. The van der Waals surface area contributed by atoms with Crippen LogP contribution >= 0.6 is 15.9 Å². The number of anilines is 1. The van der Waals surface area contributed by atoms with Crippen LogP contribution in [-0.4, -0.2) is 45.8 Å². The van der Waals surface area contributed by atoms with E-state index < -0.39 is 10.0 Å². The molecular formula is C25H33BrN2O3S. The minimum Gasteiger partial charge on any atom is -0.496 e. The van der Waals surface area contributed by atoms with Gasteiger partial charge >= 0.3 is 0 Å². The Balaban J connectivity index is 1.70. The smallest absolute Gasteiger partial charge is 0.233 e. The zero-order chi connectivity index (χ0) is 23.4. The van der Waals surface area contributed by atoms with Gasteiger partial charge in [0.15, 0.2) is 0 Å². The summed E-state index contributed by atoms with van der Waals surface area (Å²) in [4.78, 5) is 2.20. The predicted molar refractivity (Wildman–Crippen MR) is 138 cm³/mol. The quantitative estimate of drug-likeness (QED) is 0.449. The third kappa shape index (κ3) is 6.83. The maximum Gasteiger partial charge on any atom is 0.233 e. The van der Waals surface area contributed by atoms with Crippen LogP contribution in [0, 0.1) is 0 Å². The number of methoxy groups -OCH3 is 1. The molecule has 1 aliphatic rings. The van der Waals surface area contributed by atoms with Gasteiger partial charge in [-0.25, -0.2) is 8.42 Å². The van der Waals surface area contributed by atoms with E-state index in [-0.39, 0.29) is 11.2 Å². The minimum absolute atomic E-state index is 0.0503. The fourth-order valence-corrected chi connectivity index (χ4v) is 5.43. The van der Waals surface area contributed by atoms with Crippen LogP contribution in [-0.2, 0) is 15.4 Å². The molecule has 0 atom stereocenters. The lowest BCUT2D eigenvalue weighted by molar-refractivity contribution is 0.359. The SMILES string of the molecule is COc1c(C=Cc2ccc(NS(=O)(=O)CCN3CCCC3)cc2)cc(Br)cc1C(C)(C)C. The maximum atomic E-state index is 12.4. The van der Waals surface area contributed by atoms with Crippen molar-refractivity contribution in [2.24, 2.45) is 0 Å². The molecule has 0 radical (unpaired) electrons. The van der Waals surface area contributed by atoms with Crippen LogP contribution in [0.25, 0.3) is 12.2 Å². The lowest BCUT2D eigenvalue weighted by Gasteiger charge is -2.24. The highest BCUT2D eigenvalue weighted by atomic mass is 79.9. The van der Waals surface area contributed by atoms with Crippen molar-refractivity contribution in [1.82, 2.24) is 4.90 Å². The molecule has 1 aliphatic heterocycles. The molecule has 32 heavy (non-hydrogen) atoms. The van der Waals surface area contributed by atoms with Gasteiger partial charge in [0.05, 0.1) is 12.9 Å². The molecule has 0 spiro atoms. The average Bonchev–Trinajstić information content (AvgIpc) is 3.24. The minimum atomic E-state index is -3.35. The largest absolute Gasteiger partial charge is 0.496 e. The van der Waals surface area contributed by atoms with E-state index in [0.29, 0.717) is 12.2 Å². The second kappa shape index (κ2) is 10.4. The second-order valence-corrected chi connectivity index (χ2v) is 12.0. The molecule has 1 heterocycles. The summed E-state index contributed by atoms with van der Waals surface area (Å²) in [5.41, 5.74) is 3.62. The normalized spacial score (nSPS) is 15.4. The summed E-state index contributed by atoms with van der Waals surface area (Å²) < 4.78 is 34.2. The molecule has 1 saturated heterocycles. The Morgan fingerprint density at radius 1 is 1.09 bits per heavy atom. The van der Waals surface area contributed by atoms with E-state index in [1.807, 2.05) is 30.4 Å². The Morgan fingerprint density at radius 3 is 2.34 bits per heavy atom. The number of hydrogen-bond donors (Lipinski definition) is 1. The van der Waals surface area contributed by atoms with Gasteiger partial charge in [0, 0.05) is 27.8 Å². The van der Waals surface area contributed by atoms with Crippen molar-refractivity contribution in [2.45, 2.75) is 39.0 Å². The fraction of sp³-hybridized carbons (Fsp3) is 0.440. The van der Waals surface area contributed by atoms with Gasteiger partial charge in [-0.2, -0.15) is 0 Å². The lowest BCUT2D eigenvalue weighted by Crippen LogP contribution is -2.29. The molecule has 5 nitrogen and oxygen atoms in total. The van der Waals surface area contributed by atoms with Gasteiger partial charge in [0.1, 0.15) is 5.75 Å². The van der Waals surface area contributed by atoms with E-state index in [9.17, 15) is 8.42 Å². The summed E-state index contributed by atoms with van der Waals surface area (Å²) >= 11 is 3.61. The molecule has 0 saturated carbocycles. The molecule has 3 rings (SSSR count). The third-order valence-electron chi connectivity index (χ3n) is 5.61. The number of nitrogens with zero attached hydrogens (tertiary/aromatic N) is 1. The Labute approximate surface area is 201 Å². The Morgan fingerprint density at radius 2 is 1.75 bits per heavy atom. The topological polar surface area (TPSA) is 58.6 Å². The molecule has 7 heteroatoms. The lowest BCUT2D eigenvalue weighted by atomic mass is 9.85. The van der Waals surface area contributed by atoms with E-state index in [0.717, 1.165) is 52.8 Å². The summed E-state index contributed by atoms with van der Waals surface area (Å²) in [7, 11) is -1.66. The van der Waals surface area contributed by atoms with Gasteiger partial charge in [-0.15, -0.1) is 0 Å². The number of likely N-dealkylation sites (tertiary alicyclic amines) is 1. The highest BCUT2D eigenvalue weighted by Crippen LogP contribution is 2.37. The summed E-state index contributed by atoms with van der Waals surface area (Å²) in [5, 5.41) is 0. The molecular weight excluding hydrogens is 488 g/mol. The van der Waals surface area contributed by atoms with Crippen LogP contribution in [0.5, 0.6) is 5.75 Å². The molecule has 0 aromatic heterocycles. The van der Waals surface area contributed by atoms with Crippen LogP contribution in [0.2, 0.25) is 0 Å². The van der Waals surface area contributed by atoms with E-state index in [1.54, 1.807) is 19.2 Å². The molecule has 1 N–H and O–H groups in total.